The molecule has 1 aromatic rings. The van der Waals surface area contributed by atoms with Gasteiger partial charge in [-0.15, -0.1) is 0 Å². The van der Waals surface area contributed by atoms with Crippen LogP contribution in [0, 0.1) is 29.0 Å². The average Bonchev–Trinajstić information content (AvgIpc) is 2.98. The minimum atomic E-state index is -1.10. The molecule has 3 N–H and O–H groups in total. The molecule has 10 nitrogen and oxygen atoms in total. The number of carbonyl (C=O) groups is 3. The number of carboxylic acid groups (broad SMARTS) is 1. The highest BCUT2D eigenvalue weighted by Crippen LogP contribution is 2.22. The van der Waals surface area contributed by atoms with Crippen molar-refractivity contribution in [3.8, 4) is 6.07 Å². The molecule has 2 saturated heterocycles. The Hall–Kier alpha value is -4.04. The molecule has 0 aliphatic carbocycles. The third kappa shape index (κ3) is 10.4. The summed E-state index contributed by atoms with van der Waals surface area (Å²) >= 11 is 0. The molecule has 2 aliphatic heterocycles. The fourth-order valence-electron chi connectivity index (χ4n) is 5.11. The van der Waals surface area contributed by atoms with Crippen LogP contribution in [0.15, 0.2) is 47.3 Å². The molecular weight excluding hydrogens is 541 g/mol. The van der Waals surface area contributed by atoms with E-state index in [9.17, 15) is 23.9 Å². The number of aliphatic imine (C=N–C) groups is 1. The van der Waals surface area contributed by atoms with E-state index in [1.165, 1.54) is 24.5 Å². The van der Waals surface area contributed by atoms with E-state index < -0.39 is 23.7 Å². The molecule has 2 fully saturated rings. The number of allylic oxidation sites excluding steroid dienone is 1. The van der Waals surface area contributed by atoms with Crippen molar-refractivity contribution in [2.75, 3.05) is 26.2 Å². The molecule has 0 bridgehead atoms. The zero-order chi connectivity index (χ0) is 30.5. The number of carbonyl (C=O) groups excluding carboxylic acids is 2. The van der Waals surface area contributed by atoms with E-state index in [4.69, 9.17) is 10.00 Å². The van der Waals surface area contributed by atoms with Crippen molar-refractivity contribution in [3.63, 3.8) is 0 Å². The van der Waals surface area contributed by atoms with Crippen LogP contribution in [0.4, 0.5) is 4.39 Å². The van der Waals surface area contributed by atoms with Gasteiger partial charge in [0.15, 0.2) is 0 Å². The lowest BCUT2D eigenvalue weighted by molar-refractivity contribution is -0.137. The van der Waals surface area contributed by atoms with Crippen LogP contribution in [0.3, 0.4) is 0 Å². The van der Waals surface area contributed by atoms with Gasteiger partial charge in [0.1, 0.15) is 24.3 Å². The first-order chi connectivity index (χ1) is 20.2. The summed E-state index contributed by atoms with van der Waals surface area (Å²) in [5, 5.41) is 24.4. The van der Waals surface area contributed by atoms with Crippen molar-refractivity contribution in [1.82, 2.24) is 15.5 Å². The fraction of sp³-hybridized carbons (Fsp3) is 0.516. The maximum absolute atomic E-state index is 13.8. The van der Waals surface area contributed by atoms with Crippen molar-refractivity contribution in [2.24, 2.45) is 16.8 Å². The zero-order valence-electron chi connectivity index (χ0n) is 24.1. The summed E-state index contributed by atoms with van der Waals surface area (Å²) in [7, 11) is 0. The number of piperidine rings is 2. The topological polar surface area (TPSA) is 144 Å². The number of likely N-dealkylation sites (tertiary alicyclic amines) is 1. The van der Waals surface area contributed by atoms with Gasteiger partial charge in [0.05, 0.1) is 30.1 Å². The average molecular weight is 582 g/mol. The first kappa shape index (κ1) is 32.5. The normalized spacial score (nSPS) is 18.7. The largest absolute Gasteiger partial charge is 0.492 e. The number of aliphatic carboxylic acids is 1. The molecule has 2 aliphatic rings. The van der Waals surface area contributed by atoms with Crippen molar-refractivity contribution >= 4 is 24.0 Å². The molecule has 0 unspecified atom stereocenters. The van der Waals surface area contributed by atoms with Crippen molar-refractivity contribution in [2.45, 2.75) is 64.5 Å². The summed E-state index contributed by atoms with van der Waals surface area (Å²) in [6.45, 7) is 8.54. The molecule has 42 heavy (non-hydrogen) atoms. The lowest BCUT2D eigenvalue weighted by Gasteiger charge is -2.33. The zero-order valence-corrected chi connectivity index (χ0v) is 24.1. The number of ether oxygens (including phenoxy) is 1. The number of amides is 2. The third-order valence-electron chi connectivity index (χ3n) is 7.63. The van der Waals surface area contributed by atoms with Crippen molar-refractivity contribution in [1.29, 1.82) is 5.26 Å². The van der Waals surface area contributed by atoms with E-state index in [1.807, 2.05) is 0 Å². The van der Waals surface area contributed by atoms with Gasteiger partial charge in [-0.25, -0.2) is 4.39 Å². The van der Waals surface area contributed by atoms with Gasteiger partial charge in [0, 0.05) is 25.7 Å². The number of nitrogens with one attached hydrogen (secondary N) is 2. The van der Waals surface area contributed by atoms with Gasteiger partial charge in [-0.05, 0) is 81.3 Å². The molecule has 0 aromatic heterocycles. The molecule has 11 heteroatoms. The summed E-state index contributed by atoms with van der Waals surface area (Å²) in [5.74, 6) is -1.42. The Labute approximate surface area is 246 Å². The Balaban J connectivity index is 1.51. The van der Waals surface area contributed by atoms with E-state index in [1.54, 1.807) is 24.0 Å². The fourth-order valence-corrected chi connectivity index (χ4v) is 5.11. The van der Waals surface area contributed by atoms with Gasteiger partial charge in [-0.2, -0.15) is 5.26 Å². The standard InChI is InChI=1S/C31H40FN5O5/c1-21(17-35-18-22(2)42-20-24-5-7-25(16-33)27(32)14-24)28(15-30(39)40)36-31(41)26-4-3-13-37(19-26)29(38)8-6-23-9-11-34-12-10-23/h5,7,14,17-18,23,26,28,34H,1,3-4,6,8-13,15,19-20H2,2H3,(H,36,41)(H,39,40)/b22-18+,35-17-/t26-,28+/m1/s1. The van der Waals surface area contributed by atoms with Crippen LogP contribution in [-0.2, 0) is 25.7 Å². The number of hydrogen-bond donors (Lipinski definition) is 3. The first-order valence-corrected chi connectivity index (χ1v) is 14.4. The summed E-state index contributed by atoms with van der Waals surface area (Å²) in [6.07, 6.45) is 7.23. The number of rotatable bonds is 13. The molecule has 226 valence electrons. The van der Waals surface area contributed by atoms with Gasteiger partial charge in [0.25, 0.3) is 0 Å². The highest BCUT2D eigenvalue weighted by atomic mass is 19.1. The van der Waals surface area contributed by atoms with E-state index in [0.29, 0.717) is 55.2 Å². The Kier molecular flexibility index (Phi) is 12.7. The summed E-state index contributed by atoms with van der Waals surface area (Å²) in [4.78, 5) is 43.4. The van der Waals surface area contributed by atoms with Gasteiger partial charge in [-0.1, -0.05) is 12.6 Å². The van der Waals surface area contributed by atoms with E-state index >= 15 is 0 Å². The molecule has 3 rings (SSSR count). The number of carboxylic acids is 1. The second kappa shape index (κ2) is 16.4. The maximum atomic E-state index is 13.8. The number of halogens is 1. The van der Waals surface area contributed by atoms with Crippen LogP contribution in [0.5, 0.6) is 0 Å². The van der Waals surface area contributed by atoms with Crippen molar-refractivity contribution in [3.05, 3.63) is 59.3 Å². The lowest BCUT2D eigenvalue weighted by Crippen LogP contribution is -2.48. The molecule has 0 saturated carbocycles. The van der Waals surface area contributed by atoms with Crippen LogP contribution >= 0.6 is 0 Å². The highest BCUT2D eigenvalue weighted by Gasteiger charge is 2.30. The summed E-state index contributed by atoms with van der Waals surface area (Å²) < 4.78 is 19.3. The Morgan fingerprint density at radius 3 is 2.79 bits per heavy atom. The number of nitriles is 1. The van der Waals surface area contributed by atoms with Crippen LogP contribution in [0.1, 0.15) is 63.0 Å². The SMILES string of the molecule is C=C(/C=N\C=C(/C)OCc1ccc(C#N)c(F)c1)[C@H](CC(=O)O)NC(=O)[C@@H]1CCCN(C(=O)CCC2CCNCC2)C1. The summed E-state index contributed by atoms with van der Waals surface area (Å²) in [5.41, 5.74) is 0.797. The number of hydrogen-bond acceptors (Lipinski definition) is 7. The molecule has 1 aromatic carbocycles. The Bertz CT molecular complexity index is 1230. The lowest BCUT2D eigenvalue weighted by atomic mass is 9.92. The number of benzene rings is 1. The predicted molar refractivity (Wildman–Crippen MR) is 156 cm³/mol. The maximum Gasteiger partial charge on any atom is 0.305 e. The van der Waals surface area contributed by atoms with Gasteiger partial charge in [0.2, 0.25) is 11.8 Å². The minimum Gasteiger partial charge on any atom is -0.492 e. The van der Waals surface area contributed by atoms with E-state index in [0.717, 1.165) is 32.4 Å². The van der Waals surface area contributed by atoms with E-state index in [-0.39, 0.29) is 30.4 Å². The second-order valence-corrected chi connectivity index (χ2v) is 10.9. The third-order valence-corrected chi connectivity index (χ3v) is 7.63. The first-order valence-electron chi connectivity index (χ1n) is 14.4. The van der Waals surface area contributed by atoms with Crippen LogP contribution < -0.4 is 10.6 Å². The molecule has 2 atom stereocenters. The van der Waals surface area contributed by atoms with Gasteiger partial charge >= 0.3 is 5.97 Å². The van der Waals surface area contributed by atoms with Gasteiger partial charge < -0.3 is 25.4 Å². The Morgan fingerprint density at radius 1 is 1.33 bits per heavy atom. The molecule has 2 amide bonds. The quantitative estimate of drug-likeness (QED) is 0.238. The monoisotopic (exact) mass is 581 g/mol. The highest BCUT2D eigenvalue weighted by molar-refractivity contribution is 5.86. The van der Waals surface area contributed by atoms with E-state index in [2.05, 4.69) is 22.2 Å². The summed E-state index contributed by atoms with van der Waals surface area (Å²) in [6, 6.07) is 5.09. The van der Waals surface area contributed by atoms with Gasteiger partial charge in [-0.3, -0.25) is 19.4 Å². The minimum absolute atomic E-state index is 0.0468. The van der Waals surface area contributed by atoms with Crippen molar-refractivity contribution < 1.29 is 28.6 Å². The Morgan fingerprint density at radius 2 is 2.10 bits per heavy atom. The molecule has 0 spiro atoms. The van der Waals surface area contributed by atoms with Crippen LogP contribution in [0.2, 0.25) is 0 Å². The molecule has 2 heterocycles. The van der Waals surface area contributed by atoms with Crippen LogP contribution in [-0.4, -0.2) is 66.2 Å². The second-order valence-electron chi connectivity index (χ2n) is 10.9. The predicted octanol–water partition coefficient (Wildman–Crippen LogP) is 3.68. The van der Waals surface area contributed by atoms with Crippen LogP contribution in [0.25, 0.3) is 0 Å². The molecular formula is C31H40FN5O5. The smallest absolute Gasteiger partial charge is 0.305 e. The molecule has 0 radical (unpaired) electrons. The number of nitrogens with zero attached hydrogens (tertiary/aromatic N) is 3.